The molecule has 31 heavy (non-hydrogen) atoms. The monoisotopic (exact) mass is 416 g/mol. The van der Waals surface area contributed by atoms with Crippen LogP contribution in [-0.4, -0.2) is 63.6 Å². The lowest BCUT2D eigenvalue weighted by Gasteiger charge is -2.39. The Hall–Kier alpha value is -3.42. The van der Waals surface area contributed by atoms with Crippen LogP contribution in [0.15, 0.2) is 65.6 Å². The van der Waals surface area contributed by atoms with Gasteiger partial charge in [0.1, 0.15) is 6.61 Å². The highest BCUT2D eigenvalue weighted by atomic mass is 16.3. The number of fused-ring (bicyclic) bond motifs is 2. The highest BCUT2D eigenvalue weighted by Gasteiger charge is 2.30. The zero-order chi connectivity index (χ0) is 21.4. The van der Waals surface area contributed by atoms with Crippen molar-refractivity contribution in [2.24, 2.45) is 0 Å². The van der Waals surface area contributed by atoms with Gasteiger partial charge in [-0.2, -0.15) is 0 Å². The third-order valence-corrected chi connectivity index (χ3v) is 6.14. The summed E-state index contributed by atoms with van der Waals surface area (Å²) in [5.41, 5.74) is 3.49. The van der Waals surface area contributed by atoms with Gasteiger partial charge in [-0.3, -0.25) is 14.5 Å². The zero-order valence-corrected chi connectivity index (χ0v) is 17.0. The van der Waals surface area contributed by atoms with Gasteiger partial charge in [0, 0.05) is 49.0 Å². The first-order chi connectivity index (χ1) is 15.1. The molecule has 0 aliphatic carbocycles. The molecule has 0 saturated carbocycles. The van der Waals surface area contributed by atoms with Crippen LogP contribution in [0.2, 0.25) is 0 Å². The topological polar surface area (TPSA) is 92.4 Å². The van der Waals surface area contributed by atoms with E-state index < -0.39 is 6.61 Å². The van der Waals surface area contributed by atoms with Crippen LogP contribution in [0.4, 0.5) is 0 Å². The van der Waals surface area contributed by atoms with E-state index in [0.717, 1.165) is 27.4 Å². The molecule has 2 aromatic carbocycles. The van der Waals surface area contributed by atoms with Gasteiger partial charge in [-0.25, -0.2) is 0 Å². The van der Waals surface area contributed by atoms with Crippen molar-refractivity contribution in [2.45, 2.75) is 6.04 Å². The number of pyridine rings is 1. The van der Waals surface area contributed by atoms with Gasteiger partial charge in [-0.05, 0) is 46.7 Å². The molecule has 5 rings (SSSR count). The number of nitrogens with one attached hydrogen (secondary N) is 2. The van der Waals surface area contributed by atoms with Crippen LogP contribution < -0.4 is 5.56 Å². The number of aromatic amines is 2. The van der Waals surface area contributed by atoms with Crippen molar-refractivity contribution in [1.82, 2.24) is 19.8 Å². The van der Waals surface area contributed by atoms with Crippen LogP contribution >= 0.6 is 0 Å². The van der Waals surface area contributed by atoms with Gasteiger partial charge >= 0.3 is 0 Å². The summed E-state index contributed by atoms with van der Waals surface area (Å²) in [5, 5.41) is 11.3. The Morgan fingerprint density at radius 2 is 1.74 bits per heavy atom. The predicted molar refractivity (Wildman–Crippen MR) is 120 cm³/mol. The van der Waals surface area contributed by atoms with Crippen molar-refractivity contribution in [2.75, 3.05) is 32.8 Å². The second-order valence-electron chi connectivity index (χ2n) is 7.94. The Morgan fingerprint density at radius 1 is 0.968 bits per heavy atom. The van der Waals surface area contributed by atoms with Gasteiger partial charge in [0.05, 0.1) is 6.04 Å². The summed E-state index contributed by atoms with van der Waals surface area (Å²) in [7, 11) is 0. The Labute approximate surface area is 178 Å². The third-order valence-electron chi connectivity index (χ3n) is 6.14. The maximum atomic E-state index is 13.1. The van der Waals surface area contributed by atoms with Crippen LogP contribution in [0.5, 0.6) is 0 Å². The number of aliphatic hydroxyl groups is 1. The number of aliphatic hydroxyl groups excluding tert-OH is 1. The fourth-order valence-corrected chi connectivity index (χ4v) is 4.53. The molecule has 1 aliphatic rings. The molecule has 1 unspecified atom stereocenters. The first kappa shape index (κ1) is 19.5. The summed E-state index contributed by atoms with van der Waals surface area (Å²) in [5.74, 6) is -0.256. The van der Waals surface area contributed by atoms with Crippen LogP contribution in [0.3, 0.4) is 0 Å². The smallest absolute Gasteiger partial charge is 0.253 e. The maximum absolute atomic E-state index is 13.1. The number of hydrogen-bond donors (Lipinski definition) is 3. The maximum Gasteiger partial charge on any atom is 0.253 e. The summed E-state index contributed by atoms with van der Waals surface area (Å²) in [6, 6.07) is 17.8. The standard InChI is InChI=1S/C24H24N4O3/c29-15-22(30)27-9-11-28(12-10-27)23(18-5-6-20-17(13-18)7-8-25-20)19-14-16-3-1-2-4-21(16)26-24(19)31/h1-8,13-14,23,25,29H,9-12,15H2,(H,26,31). The molecule has 7 heteroatoms. The van der Waals surface area contributed by atoms with Crippen LogP contribution in [0, 0.1) is 0 Å². The second-order valence-corrected chi connectivity index (χ2v) is 7.94. The van der Waals surface area contributed by atoms with Gasteiger partial charge in [0.25, 0.3) is 5.56 Å². The Balaban J connectivity index is 1.59. The second kappa shape index (κ2) is 8.02. The van der Waals surface area contributed by atoms with E-state index in [1.54, 1.807) is 4.90 Å². The van der Waals surface area contributed by atoms with Crippen LogP contribution in [0.1, 0.15) is 17.2 Å². The highest BCUT2D eigenvalue weighted by molar-refractivity contribution is 5.81. The summed E-state index contributed by atoms with van der Waals surface area (Å²) in [6.07, 6.45) is 1.91. The molecule has 1 amide bonds. The van der Waals surface area contributed by atoms with Crippen LogP contribution in [0.25, 0.3) is 21.8 Å². The largest absolute Gasteiger partial charge is 0.387 e. The lowest BCUT2D eigenvalue weighted by atomic mass is 9.95. The minimum absolute atomic E-state index is 0.105. The number of H-pyrrole nitrogens is 2. The summed E-state index contributed by atoms with van der Waals surface area (Å²) < 4.78 is 0. The van der Waals surface area contributed by atoms with Gasteiger partial charge in [0.15, 0.2) is 0 Å². The van der Waals surface area contributed by atoms with E-state index in [4.69, 9.17) is 0 Å². The molecule has 1 saturated heterocycles. The fraction of sp³-hybridized carbons (Fsp3) is 0.250. The van der Waals surface area contributed by atoms with Gasteiger partial charge < -0.3 is 20.0 Å². The number of carbonyl (C=O) groups excluding carboxylic acids is 1. The quantitative estimate of drug-likeness (QED) is 0.476. The number of amides is 1. The molecule has 4 aromatic rings. The molecule has 0 radical (unpaired) electrons. The Morgan fingerprint density at radius 3 is 2.55 bits per heavy atom. The van der Waals surface area contributed by atoms with E-state index >= 15 is 0 Å². The number of carbonyl (C=O) groups is 1. The van der Waals surface area contributed by atoms with E-state index in [-0.39, 0.29) is 17.5 Å². The van der Waals surface area contributed by atoms with Gasteiger partial charge in [0.2, 0.25) is 5.91 Å². The molecule has 1 aliphatic heterocycles. The number of para-hydroxylation sites is 1. The zero-order valence-electron chi connectivity index (χ0n) is 17.0. The SMILES string of the molecule is O=C(CO)N1CCN(C(c2ccc3[nH]ccc3c2)c2cc3ccccc3[nH]c2=O)CC1. The highest BCUT2D eigenvalue weighted by Crippen LogP contribution is 2.31. The first-order valence-electron chi connectivity index (χ1n) is 10.5. The first-order valence-corrected chi connectivity index (χ1v) is 10.5. The van der Waals surface area contributed by atoms with Crippen molar-refractivity contribution < 1.29 is 9.90 Å². The predicted octanol–water partition coefficient (Wildman–Crippen LogP) is 2.24. The van der Waals surface area contributed by atoms with Crippen molar-refractivity contribution in [3.63, 3.8) is 0 Å². The summed E-state index contributed by atoms with van der Waals surface area (Å²) in [6.45, 7) is 1.81. The van der Waals surface area contributed by atoms with Crippen molar-refractivity contribution in [3.8, 4) is 0 Å². The normalized spacial score (nSPS) is 16.1. The molecule has 1 fully saturated rings. The molecule has 2 aromatic heterocycles. The van der Waals surface area contributed by atoms with Gasteiger partial charge in [-0.15, -0.1) is 0 Å². The number of benzene rings is 2. The van der Waals surface area contributed by atoms with Crippen molar-refractivity contribution in [3.05, 3.63) is 82.3 Å². The van der Waals surface area contributed by atoms with E-state index in [0.29, 0.717) is 31.7 Å². The molecular formula is C24H24N4O3. The molecule has 3 N–H and O–H groups in total. The van der Waals surface area contributed by atoms with Gasteiger partial charge in [-0.1, -0.05) is 24.3 Å². The van der Waals surface area contributed by atoms with E-state index in [1.165, 1.54) is 0 Å². The third kappa shape index (κ3) is 3.62. The van der Waals surface area contributed by atoms with E-state index in [2.05, 4.69) is 27.0 Å². The number of piperazine rings is 1. The molecule has 1 atom stereocenters. The molecule has 0 bridgehead atoms. The number of aromatic nitrogens is 2. The summed E-state index contributed by atoms with van der Waals surface area (Å²) >= 11 is 0. The number of hydrogen-bond acceptors (Lipinski definition) is 4. The average Bonchev–Trinajstić information content (AvgIpc) is 3.27. The Kier molecular flexibility index (Phi) is 5.05. The Bertz CT molecular complexity index is 1300. The van der Waals surface area contributed by atoms with E-state index in [9.17, 15) is 14.7 Å². The minimum atomic E-state index is -0.474. The van der Waals surface area contributed by atoms with E-state index in [1.807, 2.05) is 48.7 Å². The number of nitrogens with zero attached hydrogens (tertiary/aromatic N) is 2. The lowest BCUT2D eigenvalue weighted by Crippen LogP contribution is -2.51. The average molecular weight is 416 g/mol. The fourth-order valence-electron chi connectivity index (χ4n) is 4.53. The number of rotatable bonds is 4. The molecular weight excluding hydrogens is 392 g/mol. The summed E-state index contributed by atoms with van der Waals surface area (Å²) in [4.78, 5) is 35.2. The lowest BCUT2D eigenvalue weighted by molar-refractivity contribution is -0.136. The molecule has 0 spiro atoms. The van der Waals surface area contributed by atoms with Crippen LogP contribution in [-0.2, 0) is 4.79 Å². The molecule has 7 nitrogen and oxygen atoms in total. The van der Waals surface area contributed by atoms with Crippen molar-refractivity contribution in [1.29, 1.82) is 0 Å². The molecule has 3 heterocycles. The molecule has 158 valence electrons. The van der Waals surface area contributed by atoms with Crippen molar-refractivity contribution >= 4 is 27.7 Å². The minimum Gasteiger partial charge on any atom is -0.387 e.